The summed E-state index contributed by atoms with van der Waals surface area (Å²) in [5.41, 5.74) is -1.82. The molecule has 0 saturated heterocycles. The molecule has 23 heavy (non-hydrogen) atoms. The summed E-state index contributed by atoms with van der Waals surface area (Å²) in [6, 6.07) is 5.74. The van der Waals surface area contributed by atoms with Crippen molar-refractivity contribution in [2.75, 3.05) is 11.9 Å². The van der Waals surface area contributed by atoms with Crippen LogP contribution in [-0.2, 0) is 11.0 Å². The molecule has 0 bridgehead atoms. The molecule has 8 heteroatoms. The van der Waals surface area contributed by atoms with E-state index in [4.69, 9.17) is 10.4 Å². The SMILES string of the molecule is CCC(CO)N/C=C(/C#N)C(=O)Nc1ccccc1C(F)(F)F. The van der Waals surface area contributed by atoms with Crippen molar-refractivity contribution in [3.63, 3.8) is 0 Å². The number of carbonyl (C=O) groups excluding carboxylic acids is 1. The van der Waals surface area contributed by atoms with E-state index < -0.39 is 28.9 Å². The number of hydrogen-bond acceptors (Lipinski definition) is 4. The maximum atomic E-state index is 12.9. The van der Waals surface area contributed by atoms with Crippen LogP contribution >= 0.6 is 0 Å². The van der Waals surface area contributed by atoms with Crippen molar-refractivity contribution in [3.8, 4) is 6.07 Å². The molecule has 124 valence electrons. The summed E-state index contributed by atoms with van der Waals surface area (Å²) < 4.78 is 38.6. The van der Waals surface area contributed by atoms with Gasteiger partial charge in [0.2, 0.25) is 0 Å². The molecule has 1 rings (SSSR count). The summed E-state index contributed by atoms with van der Waals surface area (Å²) in [4.78, 5) is 11.9. The lowest BCUT2D eigenvalue weighted by molar-refractivity contribution is -0.137. The first-order chi connectivity index (χ1) is 10.8. The molecule has 0 fully saturated rings. The summed E-state index contributed by atoms with van der Waals surface area (Å²) in [7, 11) is 0. The van der Waals surface area contributed by atoms with Gasteiger partial charge in [0.25, 0.3) is 5.91 Å². The summed E-state index contributed by atoms with van der Waals surface area (Å²) >= 11 is 0. The molecular weight excluding hydrogens is 311 g/mol. The predicted molar refractivity (Wildman–Crippen MR) is 78.1 cm³/mol. The Labute approximate surface area is 131 Å². The quantitative estimate of drug-likeness (QED) is 0.553. The molecule has 0 spiro atoms. The van der Waals surface area contributed by atoms with Gasteiger partial charge < -0.3 is 15.7 Å². The van der Waals surface area contributed by atoms with E-state index in [0.717, 1.165) is 18.3 Å². The Hall–Kier alpha value is -2.53. The third-order valence-corrected chi connectivity index (χ3v) is 3.02. The Morgan fingerprint density at radius 1 is 1.43 bits per heavy atom. The lowest BCUT2D eigenvalue weighted by Gasteiger charge is -2.14. The van der Waals surface area contributed by atoms with E-state index in [0.29, 0.717) is 6.42 Å². The van der Waals surface area contributed by atoms with Crippen LogP contribution in [0.3, 0.4) is 0 Å². The lowest BCUT2D eigenvalue weighted by Crippen LogP contribution is -2.28. The van der Waals surface area contributed by atoms with Crippen LogP contribution in [-0.4, -0.2) is 23.7 Å². The van der Waals surface area contributed by atoms with Gasteiger partial charge in [0.05, 0.1) is 17.9 Å². The molecule has 1 amide bonds. The molecule has 1 unspecified atom stereocenters. The minimum Gasteiger partial charge on any atom is -0.394 e. The zero-order chi connectivity index (χ0) is 17.5. The van der Waals surface area contributed by atoms with Gasteiger partial charge in [0.15, 0.2) is 0 Å². The number of halogens is 3. The van der Waals surface area contributed by atoms with Crippen molar-refractivity contribution in [2.45, 2.75) is 25.6 Å². The average Bonchev–Trinajstić information content (AvgIpc) is 2.51. The Bertz CT molecular complexity index is 617. The Kier molecular flexibility index (Phi) is 6.60. The number of nitriles is 1. The fraction of sp³-hybridized carbons (Fsp3) is 0.333. The molecule has 0 aliphatic heterocycles. The van der Waals surface area contributed by atoms with Crippen LogP contribution in [0.2, 0.25) is 0 Å². The van der Waals surface area contributed by atoms with Crippen LogP contribution in [0.15, 0.2) is 36.0 Å². The summed E-state index contributed by atoms with van der Waals surface area (Å²) in [6.07, 6.45) is -3.00. The van der Waals surface area contributed by atoms with E-state index in [1.807, 2.05) is 0 Å². The summed E-state index contributed by atoms with van der Waals surface area (Å²) in [6.45, 7) is 1.58. The highest BCUT2D eigenvalue weighted by atomic mass is 19.4. The number of aliphatic hydroxyl groups is 1. The fourth-order valence-electron chi connectivity index (χ4n) is 1.68. The van der Waals surface area contributed by atoms with E-state index in [2.05, 4.69) is 10.6 Å². The highest BCUT2D eigenvalue weighted by Crippen LogP contribution is 2.34. The van der Waals surface area contributed by atoms with Gasteiger partial charge in [-0.05, 0) is 18.6 Å². The maximum Gasteiger partial charge on any atom is 0.418 e. The molecule has 0 radical (unpaired) electrons. The van der Waals surface area contributed by atoms with Gasteiger partial charge in [-0.25, -0.2) is 0 Å². The van der Waals surface area contributed by atoms with Gasteiger partial charge in [0.1, 0.15) is 11.6 Å². The third kappa shape index (κ3) is 5.30. The maximum absolute atomic E-state index is 12.9. The van der Waals surface area contributed by atoms with Crippen molar-refractivity contribution in [1.29, 1.82) is 5.26 Å². The zero-order valence-corrected chi connectivity index (χ0v) is 12.3. The van der Waals surface area contributed by atoms with Gasteiger partial charge in [0, 0.05) is 12.2 Å². The minimum atomic E-state index is -4.62. The first kappa shape index (κ1) is 18.5. The summed E-state index contributed by atoms with van der Waals surface area (Å²) in [5.74, 6) is -0.968. The highest BCUT2D eigenvalue weighted by Gasteiger charge is 2.33. The van der Waals surface area contributed by atoms with Crippen LogP contribution in [0.4, 0.5) is 18.9 Å². The zero-order valence-electron chi connectivity index (χ0n) is 12.3. The standard InChI is InChI=1S/C15H16F3N3O2/c1-2-11(9-22)20-8-10(7-19)14(23)21-13-6-4-3-5-12(13)15(16,17)18/h3-6,8,11,20,22H,2,9H2,1H3,(H,21,23)/b10-8-. The predicted octanol–water partition coefficient (Wildman–Crippen LogP) is 2.41. The van der Waals surface area contributed by atoms with Gasteiger partial charge >= 0.3 is 6.18 Å². The van der Waals surface area contributed by atoms with E-state index >= 15 is 0 Å². The second-order valence-electron chi connectivity index (χ2n) is 4.62. The van der Waals surface area contributed by atoms with Crippen LogP contribution in [0.1, 0.15) is 18.9 Å². The number of rotatable bonds is 6. The number of nitrogens with one attached hydrogen (secondary N) is 2. The fourth-order valence-corrected chi connectivity index (χ4v) is 1.68. The van der Waals surface area contributed by atoms with Crippen LogP contribution in [0, 0.1) is 11.3 Å². The van der Waals surface area contributed by atoms with E-state index in [1.54, 1.807) is 13.0 Å². The second kappa shape index (κ2) is 8.19. The van der Waals surface area contributed by atoms with Crippen LogP contribution in [0.25, 0.3) is 0 Å². The molecule has 1 atom stereocenters. The molecule has 1 aromatic rings. The highest BCUT2D eigenvalue weighted by molar-refractivity contribution is 6.06. The van der Waals surface area contributed by atoms with Crippen LogP contribution in [0.5, 0.6) is 0 Å². The van der Waals surface area contributed by atoms with E-state index in [-0.39, 0.29) is 12.6 Å². The number of hydrogen-bond donors (Lipinski definition) is 3. The van der Waals surface area contributed by atoms with Crippen molar-refractivity contribution in [2.24, 2.45) is 0 Å². The first-order valence-corrected chi connectivity index (χ1v) is 6.78. The van der Waals surface area contributed by atoms with Gasteiger partial charge in [-0.15, -0.1) is 0 Å². The molecule has 0 aliphatic carbocycles. The molecule has 0 aromatic heterocycles. The molecule has 0 saturated carbocycles. The van der Waals surface area contributed by atoms with Crippen molar-refractivity contribution in [3.05, 3.63) is 41.6 Å². The van der Waals surface area contributed by atoms with Crippen molar-refractivity contribution in [1.82, 2.24) is 5.32 Å². The summed E-state index contributed by atoms with van der Waals surface area (Å²) in [5, 5.41) is 22.7. The monoisotopic (exact) mass is 327 g/mol. The number of anilines is 1. The Morgan fingerprint density at radius 3 is 2.61 bits per heavy atom. The first-order valence-electron chi connectivity index (χ1n) is 6.78. The number of alkyl halides is 3. The Balaban J connectivity index is 2.94. The van der Waals surface area contributed by atoms with Crippen molar-refractivity contribution < 1.29 is 23.1 Å². The molecule has 3 N–H and O–H groups in total. The number of carbonyl (C=O) groups is 1. The minimum absolute atomic E-state index is 0.204. The number of nitrogens with zero attached hydrogens (tertiary/aromatic N) is 1. The van der Waals surface area contributed by atoms with Gasteiger partial charge in [-0.2, -0.15) is 18.4 Å². The lowest BCUT2D eigenvalue weighted by atomic mass is 10.1. The number of amides is 1. The second-order valence-corrected chi connectivity index (χ2v) is 4.62. The molecular formula is C15H16F3N3O2. The Morgan fingerprint density at radius 2 is 2.09 bits per heavy atom. The van der Waals surface area contributed by atoms with E-state index in [1.165, 1.54) is 12.1 Å². The average molecular weight is 327 g/mol. The smallest absolute Gasteiger partial charge is 0.394 e. The number of para-hydroxylation sites is 1. The largest absolute Gasteiger partial charge is 0.418 e. The van der Waals surface area contributed by atoms with Crippen molar-refractivity contribution >= 4 is 11.6 Å². The number of aliphatic hydroxyl groups excluding tert-OH is 1. The van der Waals surface area contributed by atoms with Gasteiger partial charge in [-0.3, -0.25) is 4.79 Å². The molecule has 0 heterocycles. The third-order valence-electron chi connectivity index (χ3n) is 3.02. The number of benzene rings is 1. The topological polar surface area (TPSA) is 85.2 Å². The van der Waals surface area contributed by atoms with Crippen LogP contribution < -0.4 is 10.6 Å². The van der Waals surface area contributed by atoms with E-state index in [9.17, 15) is 18.0 Å². The molecule has 1 aromatic carbocycles. The normalized spacial score (nSPS) is 13.1. The molecule has 0 aliphatic rings. The molecule has 5 nitrogen and oxygen atoms in total. The van der Waals surface area contributed by atoms with Gasteiger partial charge in [-0.1, -0.05) is 19.1 Å².